The largest absolute Gasteiger partial charge is 0.497 e. The number of methoxy groups -OCH3 is 1. The van der Waals surface area contributed by atoms with Crippen molar-refractivity contribution in [1.29, 1.82) is 0 Å². The lowest BCUT2D eigenvalue weighted by Crippen LogP contribution is -2.59. The normalized spacial score (nSPS) is 23.7. The second-order valence-electron chi connectivity index (χ2n) is 17.8. The van der Waals surface area contributed by atoms with Gasteiger partial charge in [-0.05, 0) is 56.2 Å². The Morgan fingerprint density at radius 2 is 1.24 bits per heavy atom. The van der Waals surface area contributed by atoms with Gasteiger partial charge in [0, 0.05) is 44.5 Å². The predicted molar refractivity (Wildman–Crippen MR) is 284 cm³/mol. The van der Waals surface area contributed by atoms with E-state index in [2.05, 4.69) is 52.5 Å². The Balaban J connectivity index is 2.13. The van der Waals surface area contributed by atoms with Crippen molar-refractivity contribution in [2.45, 2.75) is 113 Å². The number of nitrogens with one attached hydrogen (secondary N) is 8. The predicted octanol–water partition coefficient (Wildman–Crippen LogP) is -6.90. The number of ether oxygens (including phenoxy) is 1. The van der Waals surface area contributed by atoms with Crippen LogP contribution in [0.2, 0.25) is 0 Å². The molecule has 8 atom stereocenters. The Bertz CT molecular complexity index is 2410. The molecule has 1 aromatic carbocycles. The second kappa shape index (κ2) is 32.5. The molecule has 0 bridgehead atoms. The van der Waals surface area contributed by atoms with Gasteiger partial charge in [0.15, 0.2) is 11.9 Å². The summed E-state index contributed by atoms with van der Waals surface area (Å²) in [7, 11) is 3.28. The maximum atomic E-state index is 14.3. The molecular weight excluding hydrogens is 1070 g/mol. The van der Waals surface area contributed by atoms with E-state index in [1.54, 1.807) is 24.3 Å². The number of guanidine groups is 2. The first-order valence-corrected chi connectivity index (χ1v) is 26.8. The molecule has 0 aromatic heterocycles. The van der Waals surface area contributed by atoms with Gasteiger partial charge in [0.25, 0.3) is 0 Å². The molecule has 430 valence electrons. The molecule has 2 saturated heterocycles. The number of carbonyl (C=O) groups excluding carboxylic acids is 11. The van der Waals surface area contributed by atoms with Gasteiger partial charge in [-0.1, -0.05) is 33.7 Å². The van der Waals surface area contributed by atoms with Gasteiger partial charge in [0.2, 0.25) is 65.0 Å². The SMILES string of the molecule is COc1ccc(C[C@H]2NC(=O)[C@H](CC(=O)O)NC(=O)CNC(=O)[C@H](CCCN=C(N)N)NC(=O)[C@H]3CCCN3C(=O)[C@H](CC(N)=O)NC(=O)[C@@H](NC(C)=O)CSSC[C@@H](C(N)=O)NC(=O)[C@H](CCCN=C(N)N)NC2=O)cc1. The van der Waals surface area contributed by atoms with E-state index in [1.807, 2.05) is 0 Å². The van der Waals surface area contributed by atoms with Gasteiger partial charge < -0.3 is 91.7 Å². The van der Waals surface area contributed by atoms with Crippen molar-refractivity contribution in [2.24, 2.45) is 44.4 Å². The number of hydrogen-bond acceptors (Lipinski definition) is 17. The molecule has 78 heavy (non-hydrogen) atoms. The van der Waals surface area contributed by atoms with E-state index in [9.17, 15) is 62.6 Å². The van der Waals surface area contributed by atoms with Gasteiger partial charge in [0.1, 0.15) is 54.1 Å². The summed E-state index contributed by atoms with van der Waals surface area (Å²) in [6, 6.07) is -5.84. The van der Waals surface area contributed by atoms with Crippen LogP contribution in [-0.4, -0.2) is 186 Å². The van der Waals surface area contributed by atoms with Gasteiger partial charge in [-0.2, -0.15) is 0 Å². The number of aliphatic carboxylic acids is 1. The maximum absolute atomic E-state index is 14.3. The average Bonchev–Trinajstić information content (AvgIpc) is 3.87. The Morgan fingerprint density at radius 3 is 1.81 bits per heavy atom. The van der Waals surface area contributed by atoms with Crippen LogP contribution in [0.5, 0.6) is 5.75 Å². The molecule has 2 heterocycles. The third-order valence-electron chi connectivity index (χ3n) is 11.6. The van der Waals surface area contributed by atoms with Gasteiger partial charge in [-0.3, -0.25) is 67.5 Å². The quantitative estimate of drug-likeness (QED) is 0.0298. The van der Waals surface area contributed by atoms with Crippen LogP contribution >= 0.6 is 21.6 Å². The Kier molecular flexibility index (Phi) is 26.7. The summed E-state index contributed by atoms with van der Waals surface area (Å²) in [5, 5.41) is 29.4. The summed E-state index contributed by atoms with van der Waals surface area (Å²) in [6.07, 6.45) is -1.87. The zero-order valence-electron chi connectivity index (χ0n) is 42.9. The smallest absolute Gasteiger partial charge is 0.305 e. The second-order valence-corrected chi connectivity index (χ2v) is 20.3. The topological polar surface area (TPSA) is 515 Å². The molecule has 0 unspecified atom stereocenters. The van der Waals surface area contributed by atoms with Crippen molar-refractivity contribution >= 4 is 104 Å². The minimum Gasteiger partial charge on any atom is -0.497 e. The molecule has 2 fully saturated rings. The maximum Gasteiger partial charge on any atom is 0.305 e. The molecule has 0 saturated carbocycles. The number of primary amides is 2. The molecular formula is C45H69N17O14S2. The number of benzene rings is 1. The van der Waals surface area contributed by atoms with Crippen molar-refractivity contribution < 1.29 is 67.4 Å². The Morgan fingerprint density at radius 1 is 0.692 bits per heavy atom. The molecule has 0 aliphatic carbocycles. The highest BCUT2D eigenvalue weighted by Gasteiger charge is 2.40. The van der Waals surface area contributed by atoms with E-state index in [0.717, 1.165) is 33.4 Å². The van der Waals surface area contributed by atoms with Gasteiger partial charge in [-0.25, -0.2) is 0 Å². The molecule has 3 rings (SSSR count). The van der Waals surface area contributed by atoms with Crippen molar-refractivity contribution in [1.82, 2.24) is 47.4 Å². The minimum absolute atomic E-state index is 0.00763. The van der Waals surface area contributed by atoms with E-state index in [0.29, 0.717) is 11.3 Å². The van der Waals surface area contributed by atoms with Crippen molar-refractivity contribution in [3.8, 4) is 5.75 Å². The summed E-state index contributed by atoms with van der Waals surface area (Å²) in [6.45, 7) is 0.154. The lowest BCUT2D eigenvalue weighted by molar-refractivity contribution is -0.143. The molecule has 1 aromatic rings. The number of carboxylic acid groups (broad SMARTS) is 1. The van der Waals surface area contributed by atoms with Crippen LogP contribution in [0.3, 0.4) is 0 Å². The minimum atomic E-state index is -1.88. The van der Waals surface area contributed by atoms with Crippen LogP contribution in [0.1, 0.15) is 63.9 Å². The standard InChI is InChI=1S/C45H69N17O14S2/c1-22(63)55-31-21-78-77-20-30(36(47)68)61-38(70)26(7-4-14-53-45(50)51)57-39(71)27(16-23-9-11-24(76-2)12-10-23)59-40(72)28(18-35(66)67)56-34(65)19-54-37(69)25(6-3-13-52-44(48)49)58-42(74)32-8-5-15-62(32)43(75)29(17-33(46)64)60-41(31)73/h9-12,25-32H,3-8,13-21H2,1-2H3,(H2,46,64)(H2,47,68)(H,54,69)(H,55,63)(H,56,65)(H,57,71)(H,58,74)(H,59,72)(H,60,73)(H,61,70)(H,66,67)(H4,48,49,52)(H4,50,51,53)/t25-,26-,27+,28-,29-,30-,31-,32+/m0/s1. The van der Waals surface area contributed by atoms with E-state index in [1.165, 1.54) is 7.11 Å². The summed E-state index contributed by atoms with van der Waals surface area (Å²) in [4.78, 5) is 170. The summed E-state index contributed by atoms with van der Waals surface area (Å²) >= 11 is 0. The number of carbonyl (C=O) groups is 12. The third kappa shape index (κ3) is 22.6. The molecule has 0 radical (unpaired) electrons. The summed E-state index contributed by atoms with van der Waals surface area (Å²) in [5.41, 5.74) is 33.5. The molecule has 21 N–H and O–H groups in total. The fraction of sp³-hybridized carbons (Fsp3) is 0.556. The lowest BCUT2D eigenvalue weighted by Gasteiger charge is -2.30. The number of rotatable bonds is 17. The summed E-state index contributed by atoms with van der Waals surface area (Å²) < 4.78 is 5.22. The molecule has 2 aliphatic heterocycles. The molecule has 0 spiro atoms. The zero-order valence-corrected chi connectivity index (χ0v) is 44.5. The van der Waals surface area contributed by atoms with E-state index in [4.69, 9.17) is 39.1 Å². The van der Waals surface area contributed by atoms with Crippen LogP contribution in [0.25, 0.3) is 0 Å². The van der Waals surface area contributed by atoms with Crippen LogP contribution in [0, 0.1) is 0 Å². The number of nitrogens with zero attached hydrogens (tertiary/aromatic N) is 3. The van der Waals surface area contributed by atoms with Gasteiger partial charge in [-0.15, -0.1) is 0 Å². The van der Waals surface area contributed by atoms with Crippen molar-refractivity contribution in [3.05, 3.63) is 29.8 Å². The average molecular weight is 1140 g/mol. The van der Waals surface area contributed by atoms with Crippen LogP contribution in [0.4, 0.5) is 0 Å². The molecule has 11 amide bonds. The van der Waals surface area contributed by atoms with E-state index >= 15 is 0 Å². The number of aliphatic imine (C=N–C) groups is 2. The van der Waals surface area contributed by atoms with Gasteiger partial charge >= 0.3 is 5.97 Å². The molecule has 31 nitrogen and oxygen atoms in total. The Labute approximate surface area is 455 Å². The zero-order chi connectivity index (χ0) is 58.1. The number of amides is 11. The first-order chi connectivity index (χ1) is 36.9. The monoisotopic (exact) mass is 1140 g/mol. The van der Waals surface area contributed by atoms with E-state index in [-0.39, 0.29) is 88.0 Å². The first kappa shape index (κ1) is 64.2. The number of fused-ring (bicyclic) bond motifs is 1. The Hall–Kier alpha value is -8.10. The third-order valence-corrected chi connectivity index (χ3v) is 14.0. The van der Waals surface area contributed by atoms with Crippen molar-refractivity contribution in [3.63, 3.8) is 0 Å². The van der Waals surface area contributed by atoms with Crippen LogP contribution < -0.4 is 81.7 Å². The van der Waals surface area contributed by atoms with E-state index < -0.39 is 139 Å². The van der Waals surface area contributed by atoms with Gasteiger partial charge in [0.05, 0.1) is 26.5 Å². The highest BCUT2D eigenvalue weighted by molar-refractivity contribution is 8.76. The summed E-state index contributed by atoms with van der Waals surface area (Å²) in [5.74, 6) is -12.7. The fourth-order valence-electron chi connectivity index (χ4n) is 7.79. The van der Waals surface area contributed by atoms with Crippen LogP contribution in [-0.2, 0) is 64.0 Å². The first-order valence-electron chi connectivity index (χ1n) is 24.3. The number of carboxylic acids is 1. The van der Waals surface area contributed by atoms with Crippen molar-refractivity contribution in [2.75, 3.05) is 44.8 Å². The number of hydrogen-bond donors (Lipinski definition) is 15. The number of nitrogens with two attached hydrogens (primary N) is 6. The van der Waals surface area contributed by atoms with Crippen LogP contribution in [0.15, 0.2) is 34.3 Å². The highest BCUT2D eigenvalue weighted by Crippen LogP contribution is 2.24. The molecule has 33 heteroatoms. The highest BCUT2D eigenvalue weighted by atomic mass is 33.1. The molecule has 2 aliphatic rings. The lowest BCUT2D eigenvalue weighted by atomic mass is 10.0. The fourth-order valence-corrected chi connectivity index (χ4v) is 10.1.